The van der Waals surface area contributed by atoms with E-state index in [9.17, 15) is 13.2 Å². The number of carbonyl (C=O) groups excluding carboxylic acids is 1. The van der Waals surface area contributed by atoms with E-state index < -0.39 is 15.4 Å². The molecule has 1 aromatic heterocycles. The summed E-state index contributed by atoms with van der Waals surface area (Å²) >= 11 is 0. The second-order valence-electron chi connectivity index (χ2n) is 6.83. The molecule has 0 radical (unpaired) electrons. The zero-order valence-electron chi connectivity index (χ0n) is 12.4. The Morgan fingerprint density at radius 2 is 2.19 bits per heavy atom. The Morgan fingerprint density at radius 1 is 1.43 bits per heavy atom. The van der Waals surface area contributed by atoms with Crippen LogP contribution in [0.2, 0.25) is 0 Å². The van der Waals surface area contributed by atoms with Gasteiger partial charge in [-0.2, -0.15) is 0 Å². The largest absolute Gasteiger partial charge is 0.468 e. The summed E-state index contributed by atoms with van der Waals surface area (Å²) in [6, 6.07) is 3.44. The van der Waals surface area contributed by atoms with Crippen LogP contribution in [0.25, 0.3) is 0 Å². The maximum atomic E-state index is 12.4. The fourth-order valence-electron chi connectivity index (χ4n) is 4.08. The second kappa shape index (κ2) is 4.68. The van der Waals surface area contributed by atoms with Crippen LogP contribution in [0.5, 0.6) is 0 Å². The average molecular weight is 311 g/mol. The van der Waals surface area contributed by atoms with E-state index in [0.717, 1.165) is 6.42 Å². The molecule has 2 fully saturated rings. The van der Waals surface area contributed by atoms with Gasteiger partial charge < -0.3 is 4.42 Å². The van der Waals surface area contributed by atoms with Gasteiger partial charge in [-0.25, -0.2) is 13.1 Å². The highest BCUT2D eigenvalue weighted by atomic mass is 32.2. The summed E-state index contributed by atoms with van der Waals surface area (Å²) in [6.45, 7) is 4.21. The molecule has 0 saturated heterocycles. The zero-order chi connectivity index (χ0) is 15.3. The first-order chi connectivity index (χ1) is 9.77. The molecule has 2 saturated carbocycles. The van der Waals surface area contributed by atoms with E-state index in [4.69, 9.17) is 4.42 Å². The minimum Gasteiger partial charge on any atom is -0.468 e. The van der Waals surface area contributed by atoms with Crippen molar-refractivity contribution in [2.24, 2.45) is 16.7 Å². The highest BCUT2D eigenvalue weighted by Crippen LogP contribution is 2.64. The Hall–Kier alpha value is -1.14. The number of ketones is 1. The standard InChI is InChI=1S/C15H21NO4S/c1-14(2)11-5-6-15(14,13(17)8-11)10-21(18,19)16-9-12-4-3-7-20-12/h3-4,7,11,16H,5-6,8-10H2,1-2H3/t11-,15+/m0/s1. The summed E-state index contributed by atoms with van der Waals surface area (Å²) in [4.78, 5) is 12.4. The Labute approximate surface area is 125 Å². The lowest BCUT2D eigenvalue weighted by atomic mass is 9.70. The Morgan fingerprint density at radius 3 is 2.71 bits per heavy atom. The molecule has 6 heteroatoms. The van der Waals surface area contributed by atoms with Crippen LogP contribution in [-0.2, 0) is 21.4 Å². The molecule has 2 aliphatic carbocycles. The molecule has 2 bridgehead atoms. The van der Waals surface area contributed by atoms with Crippen molar-refractivity contribution in [1.29, 1.82) is 0 Å². The summed E-state index contributed by atoms with van der Waals surface area (Å²) in [5, 5.41) is 0. The van der Waals surface area contributed by atoms with Crippen LogP contribution in [0, 0.1) is 16.7 Å². The van der Waals surface area contributed by atoms with Gasteiger partial charge in [-0.15, -0.1) is 0 Å². The number of carbonyl (C=O) groups is 1. The number of Topliss-reactive ketones (excluding diaryl/α,β-unsaturated/α-hetero) is 1. The van der Waals surface area contributed by atoms with E-state index in [2.05, 4.69) is 4.72 Å². The topological polar surface area (TPSA) is 76.4 Å². The van der Waals surface area contributed by atoms with E-state index in [0.29, 0.717) is 24.5 Å². The minimum absolute atomic E-state index is 0.108. The van der Waals surface area contributed by atoms with Crippen molar-refractivity contribution >= 4 is 15.8 Å². The third-order valence-electron chi connectivity index (χ3n) is 5.62. The highest BCUT2D eigenvalue weighted by Gasteiger charge is 2.65. The van der Waals surface area contributed by atoms with Crippen LogP contribution in [0.4, 0.5) is 0 Å². The zero-order valence-corrected chi connectivity index (χ0v) is 13.2. The molecule has 1 N–H and O–H groups in total. The maximum absolute atomic E-state index is 12.4. The summed E-state index contributed by atoms with van der Waals surface area (Å²) in [7, 11) is -3.52. The molecule has 1 aromatic rings. The third kappa shape index (κ3) is 2.25. The minimum atomic E-state index is -3.52. The van der Waals surface area contributed by atoms with Gasteiger partial charge in [-0.05, 0) is 36.3 Å². The normalized spacial score (nSPS) is 31.0. The Balaban J connectivity index is 1.77. The number of furan rings is 1. The van der Waals surface area contributed by atoms with Gasteiger partial charge in [-0.1, -0.05) is 13.8 Å². The molecule has 2 aliphatic rings. The van der Waals surface area contributed by atoms with Crippen molar-refractivity contribution in [3.8, 4) is 0 Å². The van der Waals surface area contributed by atoms with Gasteiger partial charge in [0.05, 0.1) is 18.6 Å². The highest BCUT2D eigenvalue weighted by molar-refractivity contribution is 7.89. The number of sulfonamides is 1. The molecular formula is C15H21NO4S. The van der Waals surface area contributed by atoms with Gasteiger partial charge >= 0.3 is 0 Å². The first-order valence-electron chi connectivity index (χ1n) is 7.30. The first kappa shape index (κ1) is 14.8. The third-order valence-corrected chi connectivity index (χ3v) is 7.08. The summed E-state index contributed by atoms with van der Waals surface area (Å²) in [6.07, 6.45) is 3.67. The Bertz CT molecular complexity index is 647. The lowest BCUT2D eigenvalue weighted by Crippen LogP contribution is -2.45. The van der Waals surface area contributed by atoms with Crippen molar-refractivity contribution in [2.75, 3.05) is 5.75 Å². The Kier molecular flexibility index (Phi) is 3.29. The number of rotatable bonds is 5. The lowest BCUT2D eigenvalue weighted by molar-refractivity contribution is -0.128. The molecule has 2 atom stereocenters. The van der Waals surface area contributed by atoms with Crippen molar-refractivity contribution < 1.29 is 17.6 Å². The maximum Gasteiger partial charge on any atom is 0.213 e. The molecular weight excluding hydrogens is 290 g/mol. The first-order valence-corrected chi connectivity index (χ1v) is 8.95. The lowest BCUT2D eigenvalue weighted by Gasteiger charge is -2.36. The number of hydrogen-bond donors (Lipinski definition) is 1. The van der Waals surface area contributed by atoms with Crippen LogP contribution in [0.1, 0.15) is 38.9 Å². The van der Waals surface area contributed by atoms with Crippen molar-refractivity contribution in [2.45, 2.75) is 39.7 Å². The van der Waals surface area contributed by atoms with E-state index in [1.807, 2.05) is 13.8 Å². The van der Waals surface area contributed by atoms with Crippen LogP contribution in [0.15, 0.2) is 22.8 Å². The molecule has 5 nitrogen and oxygen atoms in total. The SMILES string of the molecule is CC1(C)[C@H]2CC[C@@]1(CS(=O)(=O)NCc1ccco1)C(=O)C2. The second-order valence-corrected chi connectivity index (χ2v) is 8.63. The van der Waals surface area contributed by atoms with E-state index >= 15 is 0 Å². The van der Waals surface area contributed by atoms with Gasteiger partial charge in [0, 0.05) is 11.8 Å². The quantitative estimate of drug-likeness (QED) is 0.903. The average Bonchev–Trinajstić information content (AvgIpc) is 3.02. The van der Waals surface area contributed by atoms with Gasteiger partial charge in [-0.3, -0.25) is 4.79 Å². The van der Waals surface area contributed by atoms with Gasteiger partial charge in [0.1, 0.15) is 11.5 Å². The molecule has 0 aromatic carbocycles. The van der Waals surface area contributed by atoms with Crippen LogP contribution >= 0.6 is 0 Å². The van der Waals surface area contributed by atoms with E-state index in [1.165, 1.54) is 6.26 Å². The van der Waals surface area contributed by atoms with E-state index in [1.54, 1.807) is 12.1 Å². The predicted molar refractivity (Wildman–Crippen MR) is 77.9 cm³/mol. The van der Waals surface area contributed by atoms with Gasteiger partial charge in [0.25, 0.3) is 0 Å². The summed E-state index contributed by atoms with van der Waals surface area (Å²) in [5.74, 6) is 0.901. The van der Waals surface area contributed by atoms with Crippen LogP contribution < -0.4 is 4.72 Å². The molecule has 1 heterocycles. The van der Waals surface area contributed by atoms with Crippen molar-refractivity contribution in [3.63, 3.8) is 0 Å². The van der Waals surface area contributed by atoms with Crippen molar-refractivity contribution in [1.82, 2.24) is 4.72 Å². The fourth-order valence-corrected chi connectivity index (χ4v) is 5.87. The molecule has 0 unspecified atom stereocenters. The van der Waals surface area contributed by atoms with Crippen molar-refractivity contribution in [3.05, 3.63) is 24.2 Å². The summed E-state index contributed by atoms with van der Waals surface area (Å²) in [5.41, 5.74) is -0.948. The van der Waals surface area contributed by atoms with Crippen LogP contribution in [-0.4, -0.2) is 20.0 Å². The van der Waals surface area contributed by atoms with Gasteiger partial charge in [0.2, 0.25) is 10.0 Å². The molecule has 0 amide bonds. The smallest absolute Gasteiger partial charge is 0.213 e. The van der Waals surface area contributed by atoms with E-state index in [-0.39, 0.29) is 23.5 Å². The fraction of sp³-hybridized carbons (Fsp3) is 0.667. The van der Waals surface area contributed by atoms with Crippen LogP contribution in [0.3, 0.4) is 0 Å². The number of fused-ring (bicyclic) bond motifs is 2. The number of nitrogens with one attached hydrogen (secondary N) is 1. The molecule has 0 spiro atoms. The monoisotopic (exact) mass is 311 g/mol. The molecule has 116 valence electrons. The number of hydrogen-bond acceptors (Lipinski definition) is 4. The van der Waals surface area contributed by atoms with Gasteiger partial charge in [0.15, 0.2) is 0 Å². The molecule has 3 rings (SSSR count). The predicted octanol–water partition coefficient (Wildman–Crippen LogP) is 2.09. The molecule has 21 heavy (non-hydrogen) atoms. The summed E-state index contributed by atoms with van der Waals surface area (Å²) < 4.78 is 32.5. The molecule has 0 aliphatic heterocycles.